The van der Waals surface area contributed by atoms with Gasteiger partial charge in [0.15, 0.2) is 0 Å². The SMILES string of the molecule is Cc1n[nH]c(C)c1-c1ccc(NC(=O)C(=C(C2CC2)C2CC2)c2nc(-c3ccccc3)c(F)[nH]2)cc1. The number of nitrogens with one attached hydrogen (secondary N) is 3. The van der Waals surface area contributed by atoms with Crippen LogP contribution in [0.2, 0.25) is 0 Å². The number of rotatable bonds is 7. The van der Waals surface area contributed by atoms with E-state index in [2.05, 4.69) is 25.5 Å². The highest BCUT2D eigenvalue weighted by atomic mass is 19.1. The lowest BCUT2D eigenvalue weighted by atomic mass is 9.97. The molecule has 2 aliphatic carbocycles. The quantitative estimate of drug-likeness (QED) is 0.266. The fraction of sp³-hybridized carbons (Fsp3) is 0.276. The maximum atomic E-state index is 15.0. The van der Waals surface area contributed by atoms with Crippen molar-refractivity contribution in [3.8, 4) is 22.4 Å². The highest BCUT2D eigenvalue weighted by molar-refractivity contribution is 6.25. The van der Waals surface area contributed by atoms with Crippen LogP contribution < -0.4 is 5.32 Å². The maximum Gasteiger partial charge on any atom is 0.259 e. The van der Waals surface area contributed by atoms with Gasteiger partial charge in [-0.05, 0) is 74.6 Å². The van der Waals surface area contributed by atoms with Crippen molar-refractivity contribution in [3.05, 3.63) is 83.3 Å². The van der Waals surface area contributed by atoms with Crippen molar-refractivity contribution in [1.29, 1.82) is 0 Å². The normalized spacial score (nSPS) is 15.1. The van der Waals surface area contributed by atoms with E-state index < -0.39 is 5.95 Å². The number of halogens is 1. The Morgan fingerprint density at radius 1 is 0.944 bits per heavy atom. The first-order valence-electron chi connectivity index (χ1n) is 12.5. The monoisotopic (exact) mass is 481 g/mol. The third-order valence-electron chi connectivity index (χ3n) is 7.05. The van der Waals surface area contributed by atoms with Gasteiger partial charge in [-0.25, -0.2) is 4.98 Å². The molecule has 3 N–H and O–H groups in total. The lowest BCUT2D eigenvalue weighted by Crippen LogP contribution is -2.17. The maximum absolute atomic E-state index is 15.0. The molecular weight excluding hydrogens is 453 g/mol. The van der Waals surface area contributed by atoms with Crippen molar-refractivity contribution in [3.63, 3.8) is 0 Å². The summed E-state index contributed by atoms with van der Waals surface area (Å²) in [6.07, 6.45) is 4.26. The summed E-state index contributed by atoms with van der Waals surface area (Å²) in [5.74, 6) is 0.282. The van der Waals surface area contributed by atoms with Gasteiger partial charge in [-0.2, -0.15) is 9.49 Å². The molecule has 7 heteroatoms. The Morgan fingerprint density at radius 2 is 1.61 bits per heavy atom. The molecule has 4 aromatic rings. The average molecular weight is 482 g/mol. The summed E-state index contributed by atoms with van der Waals surface area (Å²) < 4.78 is 15.0. The molecule has 0 radical (unpaired) electrons. The minimum atomic E-state index is -0.525. The van der Waals surface area contributed by atoms with Gasteiger partial charge < -0.3 is 10.3 Å². The number of allylic oxidation sites excluding steroid dienone is 1. The molecule has 2 aromatic carbocycles. The molecule has 0 atom stereocenters. The number of nitrogens with zero attached hydrogens (tertiary/aromatic N) is 2. The number of anilines is 1. The van der Waals surface area contributed by atoms with E-state index in [1.54, 1.807) is 0 Å². The topological polar surface area (TPSA) is 86.5 Å². The number of hydrogen-bond acceptors (Lipinski definition) is 3. The number of aromatic amines is 2. The molecule has 0 saturated heterocycles. The first-order chi connectivity index (χ1) is 17.5. The molecule has 182 valence electrons. The average Bonchev–Trinajstić information content (AvgIpc) is 3.81. The summed E-state index contributed by atoms with van der Waals surface area (Å²) >= 11 is 0. The van der Waals surface area contributed by atoms with Crippen LogP contribution in [-0.4, -0.2) is 26.1 Å². The van der Waals surface area contributed by atoms with Gasteiger partial charge in [0, 0.05) is 22.5 Å². The highest BCUT2D eigenvalue weighted by Crippen LogP contribution is 2.51. The molecule has 0 spiro atoms. The summed E-state index contributed by atoms with van der Waals surface area (Å²) in [7, 11) is 0. The molecule has 6 rings (SSSR count). The van der Waals surface area contributed by atoms with Crippen molar-refractivity contribution >= 4 is 17.2 Å². The van der Waals surface area contributed by atoms with E-state index >= 15 is 4.39 Å². The first-order valence-corrected chi connectivity index (χ1v) is 12.5. The predicted octanol–water partition coefficient (Wildman–Crippen LogP) is 6.44. The molecule has 2 heterocycles. The van der Waals surface area contributed by atoms with Gasteiger partial charge >= 0.3 is 0 Å². The van der Waals surface area contributed by atoms with Crippen molar-refractivity contribution in [2.45, 2.75) is 39.5 Å². The second-order valence-electron chi connectivity index (χ2n) is 9.83. The van der Waals surface area contributed by atoms with E-state index in [1.165, 1.54) is 0 Å². The molecule has 2 saturated carbocycles. The standard InChI is InChI=1S/C29H28FN5O/c1-16-23(17(2)35-34-16)18-12-14-22(15-13-18)31-29(36)25(24(19-8-9-19)20-10-11-20)28-32-26(27(30)33-28)21-6-4-3-5-7-21/h3-7,12-15,19-20H,8-11H2,1-2H3,(H,31,36)(H,32,33)(H,34,35). The summed E-state index contributed by atoms with van der Waals surface area (Å²) in [5, 5.41) is 10.3. The fourth-order valence-corrected chi connectivity index (χ4v) is 5.05. The van der Waals surface area contributed by atoms with Crippen molar-refractivity contribution in [2.24, 2.45) is 11.8 Å². The van der Waals surface area contributed by atoms with Crippen LogP contribution in [0.5, 0.6) is 0 Å². The lowest BCUT2D eigenvalue weighted by Gasteiger charge is -2.14. The Kier molecular flexibility index (Phi) is 5.55. The Bertz CT molecular complexity index is 1420. The number of aromatic nitrogens is 4. The largest absolute Gasteiger partial charge is 0.322 e. The number of imidazole rings is 1. The Hall–Kier alpha value is -4.00. The third kappa shape index (κ3) is 4.26. The molecule has 0 bridgehead atoms. The van der Waals surface area contributed by atoms with E-state index in [0.717, 1.165) is 53.8 Å². The van der Waals surface area contributed by atoms with Crippen LogP contribution in [0.3, 0.4) is 0 Å². The van der Waals surface area contributed by atoms with Crippen LogP contribution in [-0.2, 0) is 4.79 Å². The van der Waals surface area contributed by atoms with E-state index in [1.807, 2.05) is 68.4 Å². The Labute approximate surface area is 209 Å². The number of H-pyrrole nitrogens is 2. The van der Waals surface area contributed by atoms with Gasteiger partial charge in [0.05, 0.1) is 11.3 Å². The number of aryl methyl sites for hydroxylation is 2. The van der Waals surface area contributed by atoms with Crippen LogP contribution in [0.25, 0.3) is 28.0 Å². The molecular formula is C29H28FN5O. The van der Waals surface area contributed by atoms with Gasteiger partial charge in [0.25, 0.3) is 5.91 Å². The van der Waals surface area contributed by atoms with Gasteiger partial charge in [0.1, 0.15) is 11.5 Å². The van der Waals surface area contributed by atoms with Gasteiger partial charge in [-0.3, -0.25) is 9.89 Å². The van der Waals surface area contributed by atoms with Crippen molar-refractivity contribution in [2.75, 3.05) is 5.32 Å². The van der Waals surface area contributed by atoms with Crippen molar-refractivity contribution in [1.82, 2.24) is 20.2 Å². The molecule has 2 aromatic heterocycles. The zero-order chi connectivity index (χ0) is 24.8. The van der Waals surface area contributed by atoms with E-state index in [-0.39, 0.29) is 11.6 Å². The Morgan fingerprint density at radius 3 is 2.19 bits per heavy atom. The molecule has 2 aliphatic rings. The van der Waals surface area contributed by atoms with E-state index in [9.17, 15) is 4.79 Å². The van der Waals surface area contributed by atoms with Crippen LogP contribution in [0.15, 0.2) is 60.2 Å². The molecule has 2 fully saturated rings. The molecule has 0 unspecified atom stereocenters. The molecule has 1 amide bonds. The zero-order valence-corrected chi connectivity index (χ0v) is 20.4. The minimum Gasteiger partial charge on any atom is -0.322 e. The Balaban J connectivity index is 1.34. The van der Waals surface area contributed by atoms with Crippen LogP contribution in [0.1, 0.15) is 42.9 Å². The number of benzene rings is 2. The van der Waals surface area contributed by atoms with Crippen molar-refractivity contribution < 1.29 is 9.18 Å². The smallest absolute Gasteiger partial charge is 0.259 e. The first kappa shape index (κ1) is 22.5. The van der Waals surface area contributed by atoms with Gasteiger partial charge in [-0.15, -0.1) is 0 Å². The number of hydrogen-bond donors (Lipinski definition) is 3. The van der Waals surface area contributed by atoms with Crippen LogP contribution in [0, 0.1) is 31.6 Å². The lowest BCUT2D eigenvalue weighted by molar-refractivity contribution is -0.111. The van der Waals surface area contributed by atoms with E-state index in [4.69, 9.17) is 0 Å². The highest BCUT2D eigenvalue weighted by Gasteiger charge is 2.41. The summed E-state index contributed by atoms with van der Waals surface area (Å²) in [6.45, 7) is 3.96. The number of amides is 1. The minimum absolute atomic E-state index is 0.233. The van der Waals surface area contributed by atoms with Gasteiger partial charge in [-0.1, -0.05) is 42.5 Å². The zero-order valence-electron chi connectivity index (χ0n) is 20.4. The second-order valence-corrected chi connectivity index (χ2v) is 9.83. The summed E-state index contributed by atoms with van der Waals surface area (Å²) in [6, 6.07) is 17.0. The molecule has 36 heavy (non-hydrogen) atoms. The third-order valence-corrected chi connectivity index (χ3v) is 7.05. The van der Waals surface area contributed by atoms with Gasteiger partial charge in [0.2, 0.25) is 5.95 Å². The van der Waals surface area contributed by atoms with Crippen LogP contribution in [0.4, 0.5) is 10.1 Å². The predicted molar refractivity (Wildman–Crippen MR) is 138 cm³/mol. The second kappa shape index (κ2) is 8.90. The van der Waals surface area contributed by atoms with Crippen LogP contribution >= 0.6 is 0 Å². The summed E-state index contributed by atoms with van der Waals surface area (Å²) in [4.78, 5) is 21.1. The number of carbonyl (C=O) groups excluding carboxylic acids is 1. The fourth-order valence-electron chi connectivity index (χ4n) is 5.05. The molecule has 0 aliphatic heterocycles. The van der Waals surface area contributed by atoms with E-state index in [0.29, 0.717) is 34.5 Å². The molecule has 6 nitrogen and oxygen atoms in total. The summed E-state index contributed by atoms with van der Waals surface area (Å²) in [5.41, 5.74) is 7.25. The number of carbonyl (C=O) groups is 1.